The quantitative estimate of drug-likeness (QED) is 0.172. The minimum Gasteiger partial charge on any atom is -0.510 e. The van der Waals surface area contributed by atoms with Crippen molar-refractivity contribution < 1.29 is 39.6 Å². The number of hydrogen-bond acceptors (Lipinski definition) is 10. The fraction of sp³-hybridized carbons (Fsp3) is 0.417. The van der Waals surface area contributed by atoms with Crippen molar-refractivity contribution in [1.82, 2.24) is 4.90 Å². The number of primary amides is 1. The molecule has 0 spiro atoms. The van der Waals surface area contributed by atoms with Gasteiger partial charge in [0.1, 0.15) is 17.1 Å². The van der Waals surface area contributed by atoms with Crippen LogP contribution in [0, 0.1) is 11.8 Å². The normalized spacial score (nSPS) is 26.7. The number of anilines is 2. The SMILES string of the molecule is CN(C)c1cc(NC=O)c(O)c2c1CC1CC3[C@H](N(C)C)C(O)=C(C(N)=O)C(=O)C3(O)C(O)=C1C2=O.Cl. The molecular formula is C24H29ClN4O8. The van der Waals surface area contributed by atoms with Gasteiger partial charge in [-0.2, -0.15) is 0 Å². The highest BCUT2D eigenvalue weighted by atomic mass is 35.5. The molecule has 0 fully saturated rings. The predicted octanol–water partition coefficient (Wildman–Crippen LogP) is 0.177. The number of aliphatic hydroxyl groups is 3. The van der Waals surface area contributed by atoms with Crippen molar-refractivity contribution in [3.05, 3.63) is 39.9 Å². The number of phenolic OH excluding ortho intramolecular Hbond substituents is 1. The molecule has 4 rings (SSSR count). The van der Waals surface area contributed by atoms with Crippen LogP contribution in [0.25, 0.3) is 0 Å². The molecular weight excluding hydrogens is 508 g/mol. The van der Waals surface area contributed by atoms with Crippen LogP contribution < -0.4 is 16.0 Å². The fourth-order valence-electron chi connectivity index (χ4n) is 5.87. The minimum atomic E-state index is -2.71. The lowest BCUT2D eigenvalue weighted by Crippen LogP contribution is -2.63. The molecule has 1 aromatic rings. The summed E-state index contributed by atoms with van der Waals surface area (Å²) in [7, 11) is 6.58. The fourth-order valence-corrected chi connectivity index (χ4v) is 5.87. The van der Waals surface area contributed by atoms with E-state index in [1.165, 1.54) is 11.0 Å². The second-order valence-electron chi connectivity index (χ2n) is 9.77. The molecule has 0 aromatic heterocycles. The van der Waals surface area contributed by atoms with Crippen molar-refractivity contribution in [3.63, 3.8) is 0 Å². The zero-order valence-corrected chi connectivity index (χ0v) is 21.4. The number of amides is 2. The second-order valence-corrected chi connectivity index (χ2v) is 9.77. The van der Waals surface area contributed by atoms with E-state index in [0.717, 1.165) is 0 Å². The van der Waals surface area contributed by atoms with Crippen LogP contribution in [0.3, 0.4) is 0 Å². The zero-order chi connectivity index (χ0) is 26.9. The van der Waals surface area contributed by atoms with Crippen LogP contribution in [0.1, 0.15) is 22.3 Å². The summed E-state index contributed by atoms with van der Waals surface area (Å²) in [4.78, 5) is 53.3. The van der Waals surface area contributed by atoms with Gasteiger partial charge in [-0.05, 0) is 44.5 Å². The van der Waals surface area contributed by atoms with E-state index in [0.29, 0.717) is 17.7 Å². The van der Waals surface area contributed by atoms with E-state index in [9.17, 15) is 39.6 Å². The summed E-state index contributed by atoms with van der Waals surface area (Å²) >= 11 is 0. The van der Waals surface area contributed by atoms with Gasteiger partial charge in [0.15, 0.2) is 17.1 Å². The van der Waals surface area contributed by atoms with E-state index in [4.69, 9.17) is 5.73 Å². The molecule has 4 atom stereocenters. The maximum atomic E-state index is 13.7. The number of Topliss-reactive ketones (excluding diaryl/α,β-unsaturated/α-hetero) is 2. The number of nitrogens with one attached hydrogen (secondary N) is 1. The standard InChI is InChI=1S/C24H28N4O8.ClH/c1-27(2)13-7-12(26-8-29)18(30)15-10(13)5-9-6-11-17(28(3)4)20(32)16(23(25)35)22(34)24(11,36)21(33)14(9)19(15)31;/h7-9,11,17,30,32-33,36H,5-6H2,1-4H3,(H2,25,35)(H,26,29);1H/t9?,11?,17-,24?;/m0./s1. The minimum absolute atomic E-state index is 0. The van der Waals surface area contributed by atoms with Gasteiger partial charge in [0, 0.05) is 31.3 Å². The number of hydrogen-bond donors (Lipinski definition) is 6. The van der Waals surface area contributed by atoms with Gasteiger partial charge >= 0.3 is 0 Å². The number of nitrogens with zero attached hydrogens (tertiary/aromatic N) is 2. The van der Waals surface area contributed by atoms with Gasteiger partial charge in [-0.25, -0.2) is 0 Å². The molecule has 0 bridgehead atoms. The smallest absolute Gasteiger partial charge is 0.255 e. The highest BCUT2D eigenvalue weighted by Gasteiger charge is 2.63. The van der Waals surface area contributed by atoms with Crippen molar-refractivity contribution in [3.8, 4) is 5.75 Å². The lowest BCUT2D eigenvalue weighted by atomic mass is 9.58. The maximum absolute atomic E-state index is 13.7. The average Bonchev–Trinajstić information content (AvgIpc) is 2.77. The van der Waals surface area contributed by atoms with Crippen LogP contribution in [0.4, 0.5) is 11.4 Å². The van der Waals surface area contributed by atoms with Crippen molar-refractivity contribution in [1.29, 1.82) is 0 Å². The first-order valence-corrected chi connectivity index (χ1v) is 11.2. The molecule has 0 heterocycles. The second kappa shape index (κ2) is 9.36. The first-order valence-electron chi connectivity index (χ1n) is 11.2. The highest BCUT2D eigenvalue weighted by Crippen LogP contribution is 2.53. The first-order chi connectivity index (χ1) is 16.8. The summed E-state index contributed by atoms with van der Waals surface area (Å²) in [6.45, 7) is 0. The van der Waals surface area contributed by atoms with Crippen LogP contribution in [0.15, 0.2) is 28.7 Å². The Bertz CT molecular complexity index is 1290. The number of phenols is 1. The molecule has 7 N–H and O–H groups in total. The number of fused-ring (bicyclic) bond motifs is 3. The number of aliphatic hydroxyl groups excluding tert-OH is 2. The predicted molar refractivity (Wildman–Crippen MR) is 135 cm³/mol. The lowest BCUT2D eigenvalue weighted by molar-refractivity contribution is -0.148. The van der Waals surface area contributed by atoms with Gasteiger partial charge in [-0.15, -0.1) is 12.4 Å². The molecule has 2 amide bonds. The number of aromatic hydroxyl groups is 1. The Hall–Kier alpha value is -3.61. The Balaban J connectivity index is 0.00000380. The number of halogens is 1. The molecule has 0 aliphatic heterocycles. The third-order valence-electron chi connectivity index (χ3n) is 7.40. The zero-order valence-electron chi connectivity index (χ0n) is 20.6. The molecule has 12 nitrogen and oxygen atoms in total. The Morgan fingerprint density at radius 2 is 1.81 bits per heavy atom. The van der Waals surface area contributed by atoms with Crippen molar-refractivity contribution in [2.75, 3.05) is 38.4 Å². The van der Waals surface area contributed by atoms with Crippen LogP contribution in [0.2, 0.25) is 0 Å². The molecule has 3 aliphatic rings. The third-order valence-corrected chi connectivity index (χ3v) is 7.40. The first kappa shape index (κ1) is 28.0. The number of carbonyl (C=O) groups is 4. The summed E-state index contributed by atoms with van der Waals surface area (Å²) in [5.41, 5.74) is 2.29. The van der Waals surface area contributed by atoms with E-state index in [-0.39, 0.29) is 42.1 Å². The van der Waals surface area contributed by atoms with E-state index < -0.39 is 63.8 Å². The Morgan fingerprint density at radius 1 is 1.19 bits per heavy atom. The van der Waals surface area contributed by atoms with E-state index in [1.807, 2.05) is 0 Å². The Kier molecular flexibility index (Phi) is 7.08. The number of rotatable bonds is 5. The van der Waals surface area contributed by atoms with Gasteiger partial charge in [-0.1, -0.05) is 0 Å². The van der Waals surface area contributed by atoms with Gasteiger partial charge < -0.3 is 36.4 Å². The largest absolute Gasteiger partial charge is 0.510 e. The molecule has 0 saturated carbocycles. The molecule has 37 heavy (non-hydrogen) atoms. The number of benzene rings is 1. The number of carbonyl (C=O) groups excluding carboxylic acids is 4. The summed E-state index contributed by atoms with van der Waals surface area (Å²) in [6.07, 6.45) is 0.485. The Labute approximate surface area is 218 Å². The molecule has 200 valence electrons. The van der Waals surface area contributed by atoms with E-state index >= 15 is 0 Å². The number of likely N-dealkylation sites (N-methyl/N-ethyl adjacent to an activating group) is 1. The summed E-state index contributed by atoms with van der Waals surface area (Å²) < 4.78 is 0. The number of nitrogens with two attached hydrogens (primary N) is 1. The number of allylic oxidation sites excluding steroid dienone is 1. The Morgan fingerprint density at radius 3 is 2.32 bits per heavy atom. The van der Waals surface area contributed by atoms with E-state index in [2.05, 4.69) is 5.32 Å². The monoisotopic (exact) mass is 536 g/mol. The summed E-state index contributed by atoms with van der Waals surface area (Å²) in [5, 5.41) is 46.9. The molecule has 0 radical (unpaired) electrons. The van der Waals surface area contributed by atoms with E-state index in [1.54, 1.807) is 33.1 Å². The molecule has 0 saturated heterocycles. The molecule has 3 aliphatic carbocycles. The third kappa shape index (κ3) is 3.74. The average molecular weight is 537 g/mol. The summed E-state index contributed by atoms with van der Waals surface area (Å²) in [5.74, 6) is -7.27. The van der Waals surface area contributed by atoms with Crippen LogP contribution in [-0.4, -0.2) is 89.0 Å². The van der Waals surface area contributed by atoms with Gasteiger partial charge in [-0.3, -0.25) is 24.1 Å². The van der Waals surface area contributed by atoms with Gasteiger partial charge in [0.2, 0.25) is 12.2 Å². The van der Waals surface area contributed by atoms with Crippen LogP contribution >= 0.6 is 12.4 Å². The van der Waals surface area contributed by atoms with Crippen molar-refractivity contribution >= 4 is 47.7 Å². The molecule has 13 heteroatoms. The summed E-state index contributed by atoms with van der Waals surface area (Å²) in [6, 6.07) is 0.459. The van der Waals surface area contributed by atoms with Gasteiger partial charge in [0.25, 0.3) is 5.91 Å². The lowest BCUT2D eigenvalue weighted by Gasteiger charge is -2.50. The maximum Gasteiger partial charge on any atom is 0.255 e. The molecule has 3 unspecified atom stereocenters. The van der Waals surface area contributed by atoms with Gasteiger partial charge in [0.05, 0.1) is 17.3 Å². The highest BCUT2D eigenvalue weighted by molar-refractivity contribution is 6.25. The number of ketones is 2. The van der Waals surface area contributed by atoms with Crippen LogP contribution in [-0.2, 0) is 20.8 Å². The van der Waals surface area contributed by atoms with Crippen molar-refractivity contribution in [2.24, 2.45) is 17.6 Å². The molecule has 1 aromatic carbocycles. The van der Waals surface area contributed by atoms with Crippen LogP contribution in [0.5, 0.6) is 5.75 Å². The van der Waals surface area contributed by atoms with Crippen molar-refractivity contribution in [2.45, 2.75) is 24.5 Å². The topological polar surface area (TPSA) is 194 Å².